The van der Waals surface area contributed by atoms with Crippen molar-refractivity contribution < 1.29 is 9.53 Å². The third kappa shape index (κ3) is 3.68. The fourth-order valence-electron chi connectivity index (χ4n) is 2.75. The van der Waals surface area contributed by atoms with Gasteiger partial charge in [-0.2, -0.15) is 0 Å². The van der Waals surface area contributed by atoms with Gasteiger partial charge in [-0.1, -0.05) is 26.0 Å². The van der Waals surface area contributed by atoms with Crippen LogP contribution in [0.1, 0.15) is 35.5 Å². The Hall–Kier alpha value is -2.75. The molecule has 1 amide bonds. The number of benzene rings is 2. The number of ether oxygens (including phenoxy) is 1. The molecule has 1 aromatic heterocycles. The van der Waals surface area contributed by atoms with E-state index < -0.39 is 0 Å². The van der Waals surface area contributed by atoms with Crippen molar-refractivity contribution in [1.82, 2.24) is 4.98 Å². The number of fused-ring (bicyclic) bond motifs is 1. The van der Waals surface area contributed by atoms with E-state index in [0.717, 1.165) is 16.6 Å². The molecule has 0 spiro atoms. The van der Waals surface area contributed by atoms with E-state index in [1.54, 1.807) is 0 Å². The van der Waals surface area contributed by atoms with Crippen LogP contribution in [0.4, 0.5) is 5.69 Å². The summed E-state index contributed by atoms with van der Waals surface area (Å²) in [5.41, 5.74) is 4.67. The molecule has 0 saturated heterocycles. The Morgan fingerprint density at radius 2 is 1.92 bits per heavy atom. The number of carbonyl (C=O) groups excluding carboxylic acids is 1. The average molecular weight is 336 g/mol. The Morgan fingerprint density at radius 3 is 2.68 bits per heavy atom. The lowest BCUT2D eigenvalue weighted by Gasteiger charge is -2.14. The minimum absolute atomic E-state index is 0.138. The summed E-state index contributed by atoms with van der Waals surface area (Å²) in [6, 6.07) is 13.2. The van der Waals surface area contributed by atoms with Crippen LogP contribution in [0.5, 0.6) is 5.75 Å². The van der Waals surface area contributed by atoms with Gasteiger partial charge in [0.15, 0.2) is 0 Å². The summed E-state index contributed by atoms with van der Waals surface area (Å²) in [5.74, 6) is 0.978. The number of aromatic nitrogens is 1. The van der Waals surface area contributed by atoms with Gasteiger partial charge in [-0.05, 0) is 55.7 Å². The number of para-hydroxylation sites is 2. The largest absolute Gasteiger partial charge is 0.491 e. The monoisotopic (exact) mass is 336 g/mol. The number of anilines is 1. The Bertz CT molecular complexity index is 909. The van der Waals surface area contributed by atoms with Crippen LogP contribution in [0.3, 0.4) is 0 Å². The summed E-state index contributed by atoms with van der Waals surface area (Å²) in [5, 5.41) is 4.05. The molecule has 0 aliphatic carbocycles. The van der Waals surface area contributed by atoms with Crippen molar-refractivity contribution in [2.75, 3.05) is 11.9 Å². The third-order valence-electron chi connectivity index (χ3n) is 4.28. The first-order valence-electron chi connectivity index (χ1n) is 8.58. The van der Waals surface area contributed by atoms with Gasteiger partial charge < -0.3 is 15.0 Å². The van der Waals surface area contributed by atoms with Crippen LogP contribution in [-0.4, -0.2) is 17.5 Å². The van der Waals surface area contributed by atoms with E-state index in [1.807, 2.05) is 49.4 Å². The summed E-state index contributed by atoms with van der Waals surface area (Å²) in [4.78, 5) is 16.0. The number of nitrogens with one attached hydrogen (secondary N) is 2. The molecule has 0 unspecified atom stereocenters. The van der Waals surface area contributed by atoms with Crippen LogP contribution in [0.2, 0.25) is 0 Å². The number of hydrogen-bond donors (Lipinski definition) is 2. The Balaban J connectivity index is 1.84. The van der Waals surface area contributed by atoms with Gasteiger partial charge in [0, 0.05) is 22.2 Å². The van der Waals surface area contributed by atoms with Gasteiger partial charge in [0.05, 0.1) is 12.3 Å². The third-order valence-corrected chi connectivity index (χ3v) is 4.28. The van der Waals surface area contributed by atoms with E-state index in [1.165, 1.54) is 5.56 Å². The van der Waals surface area contributed by atoms with Crippen molar-refractivity contribution in [3.05, 3.63) is 59.3 Å². The Kier molecular flexibility index (Phi) is 4.79. The van der Waals surface area contributed by atoms with E-state index in [2.05, 4.69) is 31.1 Å². The molecular formula is C21H24N2O2. The fraction of sp³-hybridized carbons (Fsp3) is 0.286. The standard InChI is InChI=1S/C21H24N2O2/c1-13(2)12-25-20-8-6-5-7-19(20)23-21(24)16-9-10-18-17(11-16)14(3)15(4)22-18/h5-11,13,22H,12H2,1-4H3,(H,23,24). The molecule has 4 nitrogen and oxygen atoms in total. The van der Waals surface area contributed by atoms with Crippen molar-refractivity contribution in [2.24, 2.45) is 5.92 Å². The van der Waals surface area contributed by atoms with E-state index in [9.17, 15) is 4.79 Å². The maximum Gasteiger partial charge on any atom is 0.255 e. The van der Waals surface area contributed by atoms with Crippen molar-refractivity contribution in [3.8, 4) is 5.75 Å². The normalized spacial score (nSPS) is 11.1. The number of aromatic amines is 1. The lowest BCUT2D eigenvalue weighted by Crippen LogP contribution is -2.13. The predicted octanol–water partition coefficient (Wildman–Crippen LogP) is 5.07. The van der Waals surface area contributed by atoms with E-state index in [0.29, 0.717) is 29.5 Å². The topological polar surface area (TPSA) is 54.1 Å². The highest BCUT2D eigenvalue weighted by Crippen LogP contribution is 2.26. The maximum absolute atomic E-state index is 12.7. The number of hydrogen-bond acceptors (Lipinski definition) is 2. The predicted molar refractivity (Wildman–Crippen MR) is 103 cm³/mol. The minimum atomic E-state index is -0.138. The molecule has 0 radical (unpaired) electrons. The zero-order valence-electron chi connectivity index (χ0n) is 15.1. The summed E-state index contributed by atoms with van der Waals surface area (Å²) in [6.07, 6.45) is 0. The first-order valence-corrected chi connectivity index (χ1v) is 8.58. The van der Waals surface area contributed by atoms with Crippen LogP contribution >= 0.6 is 0 Å². The molecule has 2 N–H and O–H groups in total. The molecule has 3 aromatic rings. The highest BCUT2D eigenvalue weighted by molar-refractivity contribution is 6.07. The second-order valence-electron chi connectivity index (χ2n) is 6.79. The molecular weight excluding hydrogens is 312 g/mol. The Labute approximate surface area is 148 Å². The van der Waals surface area contributed by atoms with E-state index in [-0.39, 0.29) is 5.91 Å². The first-order chi connectivity index (χ1) is 12.0. The van der Waals surface area contributed by atoms with Gasteiger partial charge >= 0.3 is 0 Å². The molecule has 0 saturated carbocycles. The number of aryl methyl sites for hydroxylation is 2. The minimum Gasteiger partial charge on any atom is -0.491 e. The van der Waals surface area contributed by atoms with Gasteiger partial charge in [0.1, 0.15) is 5.75 Å². The molecule has 0 aliphatic heterocycles. The smallest absolute Gasteiger partial charge is 0.255 e. The summed E-state index contributed by atoms with van der Waals surface area (Å²) in [7, 11) is 0. The van der Waals surface area contributed by atoms with Crippen LogP contribution in [0.25, 0.3) is 10.9 Å². The molecule has 0 fully saturated rings. The fourth-order valence-corrected chi connectivity index (χ4v) is 2.75. The zero-order chi connectivity index (χ0) is 18.0. The molecule has 0 aliphatic rings. The second-order valence-corrected chi connectivity index (χ2v) is 6.79. The number of carbonyl (C=O) groups is 1. The molecule has 0 bridgehead atoms. The second kappa shape index (κ2) is 7.01. The Morgan fingerprint density at radius 1 is 1.16 bits per heavy atom. The van der Waals surface area contributed by atoms with Gasteiger partial charge in [0.2, 0.25) is 0 Å². The molecule has 2 aromatic carbocycles. The van der Waals surface area contributed by atoms with Crippen molar-refractivity contribution in [1.29, 1.82) is 0 Å². The van der Waals surface area contributed by atoms with Gasteiger partial charge in [-0.3, -0.25) is 4.79 Å². The molecule has 130 valence electrons. The summed E-state index contributed by atoms with van der Waals surface area (Å²) >= 11 is 0. The summed E-state index contributed by atoms with van der Waals surface area (Å²) in [6.45, 7) is 8.90. The quantitative estimate of drug-likeness (QED) is 0.683. The first kappa shape index (κ1) is 17.1. The van der Waals surface area contributed by atoms with Crippen LogP contribution in [-0.2, 0) is 0 Å². The highest BCUT2D eigenvalue weighted by Gasteiger charge is 2.12. The van der Waals surface area contributed by atoms with Gasteiger partial charge in [-0.25, -0.2) is 0 Å². The number of amides is 1. The number of rotatable bonds is 5. The van der Waals surface area contributed by atoms with E-state index in [4.69, 9.17) is 4.74 Å². The van der Waals surface area contributed by atoms with E-state index >= 15 is 0 Å². The molecule has 25 heavy (non-hydrogen) atoms. The number of H-pyrrole nitrogens is 1. The highest BCUT2D eigenvalue weighted by atomic mass is 16.5. The zero-order valence-corrected chi connectivity index (χ0v) is 15.1. The van der Waals surface area contributed by atoms with Crippen molar-refractivity contribution in [2.45, 2.75) is 27.7 Å². The maximum atomic E-state index is 12.7. The van der Waals surface area contributed by atoms with Crippen LogP contribution in [0, 0.1) is 19.8 Å². The molecule has 1 heterocycles. The summed E-state index contributed by atoms with van der Waals surface area (Å²) < 4.78 is 5.81. The average Bonchev–Trinajstić information content (AvgIpc) is 2.88. The van der Waals surface area contributed by atoms with Crippen LogP contribution in [0.15, 0.2) is 42.5 Å². The van der Waals surface area contributed by atoms with Crippen LogP contribution < -0.4 is 10.1 Å². The van der Waals surface area contributed by atoms with Gasteiger partial charge in [-0.15, -0.1) is 0 Å². The lowest BCUT2D eigenvalue weighted by atomic mass is 10.1. The molecule has 4 heteroatoms. The molecule has 3 rings (SSSR count). The van der Waals surface area contributed by atoms with Crippen molar-refractivity contribution >= 4 is 22.5 Å². The van der Waals surface area contributed by atoms with Crippen molar-refractivity contribution in [3.63, 3.8) is 0 Å². The van der Waals surface area contributed by atoms with Gasteiger partial charge in [0.25, 0.3) is 5.91 Å². The SMILES string of the molecule is Cc1[nH]c2ccc(C(=O)Nc3ccccc3OCC(C)C)cc2c1C. The molecule has 0 atom stereocenters. The lowest BCUT2D eigenvalue weighted by molar-refractivity contribution is 0.102.